The first-order valence-electron chi connectivity index (χ1n) is 9.70. The van der Waals surface area contributed by atoms with Crippen molar-refractivity contribution in [1.82, 2.24) is 9.80 Å². The van der Waals surface area contributed by atoms with Crippen LogP contribution >= 0.6 is 0 Å². The molecular weight excluding hydrogens is 328 g/mol. The third kappa shape index (κ3) is 4.02. The van der Waals surface area contributed by atoms with Crippen molar-refractivity contribution >= 4 is 11.8 Å². The van der Waals surface area contributed by atoms with Gasteiger partial charge in [0.1, 0.15) is 5.75 Å². The van der Waals surface area contributed by atoms with Gasteiger partial charge in [0.05, 0.1) is 13.5 Å². The minimum Gasteiger partial charge on any atom is -0.496 e. The van der Waals surface area contributed by atoms with E-state index < -0.39 is 0 Å². The number of amides is 2. The quantitative estimate of drug-likeness (QED) is 0.831. The summed E-state index contributed by atoms with van der Waals surface area (Å²) in [4.78, 5) is 29.2. The number of ether oxygens (including phenoxy) is 1. The van der Waals surface area contributed by atoms with Gasteiger partial charge < -0.3 is 14.5 Å². The van der Waals surface area contributed by atoms with Crippen LogP contribution < -0.4 is 4.74 Å². The third-order valence-electron chi connectivity index (χ3n) is 5.85. The van der Waals surface area contributed by atoms with Gasteiger partial charge in [-0.3, -0.25) is 9.59 Å². The zero-order valence-corrected chi connectivity index (χ0v) is 16.2. The summed E-state index contributed by atoms with van der Waals surface area (Å²) in [6, 6.07) is 4.05. The fraction of sp³-hybridized carbons (Fsp3) is 0.619. The summed E-state index contributed by atoms with van der Waals surface area (Å²) >= 11 is 0. The Hall–Kier alpha value is -2.04. The van der Waals surface area contributed by atoms with E-state index in [0.717, 1.165) is 49.2 Å². The van der Waals surface area contributed by atoms with E-state index in [1.54, 1.807) is 7.11 Å². The Kier molecular flexibility index (Phi) is 5.84. The van der Waals surface area contributed by atoms with Crippen LogP contribution in [0.15, 0.2) is 12.1 Å². The molecule has 26 heavy (non-hydrogen) atoms. The van der Waals surface area contributed by atoms with Crippen LogP contribution in [0.2, 0.25) is 0 Å². The molecule has 0 atom stereocenters. The molecule has 0 aromatic heterocycles. The van der Waals surface area contributed by atoms with Gasteiger partial charge in [-0.2, -0.15) is 0 Å². The van der Waals surface area contributed by atoms with Crippen LogP contribution in [0.1, 0.15) is 42.4 Å². The summed E-state index contributed by atoms with van der Waals surface area (Å²) in [5, 5.41) is 0. The summed E-state index contributed by atoms with van der Waals surface area (Å²) in [5.41, 5.74) is 3.27. The average molecular weight is 358 g/mol. The number of nitrogens with zero attached hydrogens (tertiary/aromatic N) is 2. The normalized spacial score (nSPS) is 18.3. The van der Waals surface area contributed by atoms with E-state index in [1.807, 2.05) is 22.8 Å². The van der Waals surface area contributed by atoms with Crippen molar-refractivity contribution in [2.75, 3.05) is 33.3 Å². The number of carbonyl (C=O) groups excluding carboxylic acids is 2. The second-order valence-corrected chi connectivity index (χ2v) is 7.61. The molecule has 0 bridgehead atoms. The topological polar surface area (TPSA) is 49.9 Å². The van der Waals surface area contributed by atoms with Crippen molar-refractivity contribution in [3.05, 3.63) is 28.8 Å². The van der Waals surface area contributed by atoms with Gasteiger partial charge >= 0.3 is 0 Å². The van der Waals surface area contributed by atoms with E-state index in [-0.39, 0.29) is 11.8 Å². The summed E-state index contributed by atoms with van der Waals surface area (Å²) in [7, 11) is 1.65. The summed E-state index contributed by atoms with van der Waals surface area (Å²) in [6.07, 6.45) is 4.44. The Labute approximate surface area is 156 Å². The van der Waals surface area contributed by atoms with Gasteiger partial charge in [-0.25, -0.2) is 0 Å². The minimum atomic E-state index is 0.115. The molecule has 2 amide bonds. The zero-order chi connectivity index (χ0) is 18.7. The maximum Gasteiger partial charge on any atom is 0.227 e. The van der Waals surface area contributed by atoms with Crippen molar-refractivity contribution in [2.45, 2.75) is 46.0 Å². The molecule has 1 aliphatic heterocycles. The number of carbonyl (C=O) groups is 2. The lowest BCUT2D eigenvalue weighted by atomic mass is 9.84. The van der Waals surface area contributed by atoms with E-state index in [2.05, 4.69) is 13.0 Å². The second-order valence-electron chi connectivity index (χ2n) is 7.61. The molecule has 2 fully saturated rings. The lowest BCUT2D eigenvalue weighted by Crippen LogP contribution is -2.41. The molecule has 3 rings (SSSR count). The number of hydrogen-bond donors (Lipinski definition) is 0. The van der Waals surface area contributed by atoms with Crippen LogP contribution in [0.3, 0.4) is 0 Å². The number of methoxy groups -OCH3 is 1. The monoisotopic (exact) mass is 358 g/mol. The number of benzene rings is 1. The molecule has 1 saturated heterocycles. The van der Waals surface area contributed by atoms with Crippen molar-refractivity contribution < 1.29 is 14.3 Å². The molecule has 1 aromatic carbocycles. The number of aryl methyl sites for hydroxylation is 2. The van der Waals surface area contributed by atoms with Crippen LogP contribution in [0, 0.1) is 19.8 Å². The highest BCUT2D eigenvalue weighted by Crippen LogP contribution is 2.29. The first-order valence-corrected chi connectivity index (χ1v) is 9.70. The molecule has 0 unspecified atom stereocenters. The van der Waals surface area contributed by atoms with Gasteiger partial charge in [0, 0.05) is 37.7 Å². The van der Waals surface area contributed by atoms with Crippen molar-refractivity contribution in [1.29, 1.82) is 0 Å². The van der Waals surface area contributed by atoms with E-state index in [1.165, 1.54) is 12.0 Å². The molecule has 2 aliphatic rings. The SMILES string of the molecule is COc1cc(C)c(C)cc1CC(=O)N1CCCN(C(=O)C2CCC2)CC1. The van der Waals surface area contributed by atoms with Crippen molar-refractivity contribution in [3.63, 3.8) is 0 Å². The van der Waals surface area contributed by atoms with Gasteiger partial charge in [-0.1, -0.05) is 12.5 Å². The first-order chi connectivity index (χ1) is 12.5. The van der Waals surface area contributed by atoms with Crippen LogP contribution in [-0.2, 0) is 16.0 Å². The fourth-order valence-corrected chi connectivity index (χ4v) is 3.75. The standard InChI is InChI=1S/C21H30N2O3/c1-15-12-18(19(26-3)13-16(15)2)14-20(24)22-8-5-9-23(11-10-22)21(25)17-6-4-7-17/h12-13,17H,4-11,14H2,1-3H3. The van der Waals surface area contributed by atoms with Crippen molar-refractivity contribution in [3.8, 4) is 5.75 Å². The summed E-state index contributed by atoms with van der Waals surface area (Å²) in [5.74, 6) is 1.42. The van der Waals surface area contributed by atoms with Gasteiger partial charge in [0.2, 0.25) is 11.8 Å². The summed E-state index contributed by atoms with van der Waals surface area (Å²) in [6.45, 7) is 6.88. The molecule has 1 saturated carbocycles. The third-order valence-corrected chi connectivity index (χ3v) is 5.85. The molecule has 1 aliphatic carbocycles. The Morgan fingerprint density at radius 2 is 1.65 bits per heavy atom. The zero-order valence-electron chi connectivity index (χ0n) is 16.2. The first kappa shape index (κ1) is 18.7. The number of rotatable bonds is 4. The fourth-order valence-electron chi connectivity index (χ4n) is 3.75. The van der Waals surface area contributed by atoms with Gasteiger partial charge in [0.15, 0.2) is 0 Å². The van der Waals surface area contributed by atoms with E-state index in [9.17, 15) is 9.59 Å². The second kappa shape index (κ2) is 8.11. The molecule has 0 spiro atoms. The highest BCUT2D eigenvalue weighted by molar-refractivity contribution is 5.81. The highest BCUT2D eigenvalue weighted by Gasteiger charge is 2.31. The van der Waals surface area contributed by atoms with E-state index in [4.69, 9.17) is 4.74 Å². The highest BCUT2D eigenvalue weighted by atomic mass is 16.5. The molecule has 1 heterocycles. The maximum absolute atomic E-state index is 12.8. The smallest absolute Gasteiger partial charge is 0.227 e. The largest absolute Gasteiger partial charge is 0.496 e. The van der Waals surface area contributed by atoms with E-state index in [0.29, 0.717) is 25.4 Å². The Morgan fingerprint density at radius 3 is 2.31 bits per heavy atom. The van der Waals surface area contributed by atoms with Crippen molar-refractivity contribution in [2.24, 2.45) is 5.92 Å². The Bertz CT molecular complexity index is 682. The minimum absolute atomic E-state index is 0.115. The molecule has 5 heteroatoms. The predicted molar refractivity (Wildman–Crippen MR) is 101 cm³/mol. The molecule has 0 N–H and O–H groups in total. The molecule has 142 valence electrons. The van der Waals surface area contributed by atoms with Gasteiger partial charge in [-0.15, -0.1) is 0 Å². The predicted octanol–water partition coefficient (Wildman–Crippen LogP) is 2.72. The Morgan fingerprint density at radius 1 is 1.00 bits per heavy atom. The van der Waals surface area contributed by atoms with E-state index >= 15 is 0 Å². The van der Waals surface area contributed by atoms with Crippen LogP contribution in [0.25, 0.3) is 0 Å². The maximum atomic E-state index is 12.8. The van der Waals surface area contributed by atoms with Crippen LogP contribution in [0.5, 0.6) is 5.75 Å². The number of hydrogen-bond acceptors (Lipinski definition) is 3. The average Bonchev–Trinajstić information content (AvgIpc) is 2.82. The summed E-state index contributed by atoms with van der Waals surface area (Å²) < 4.78 is 5.46. The Balaban J connectivity index is 1.62. The van der Waals surface area contributed by atoms with Crippen LogP contribution in [-0.4, -0.2) is 54.9 Å². The van der Waals surface area contributed by atoms with Gasteiger partial charge in [-0.05, 0) is 50.3 Å². The lowest BCUT2D eigenvalue weighted by Gasteiger charge is -2.31. The lowest BCUT2D eigenvalue weighted by molar-refractivity contribution is -0.138. The molecule has 0 radical (unpaired) electrons. The van der Waals surface area contributed by atoms with Gasteiger partial charge in [0.25, 0.3) is 0 Å². The van der Waals surface area contributed by atoms with Crippen LogP contribution in [0.4, 0.5) is 0 Å². The molecular formula is C21H30N2O3. The molecule has 5 nitrogen and oxygen atoms in total. The molecule has 1 aromatic rings.